The largest absolute Gasteiger partial charge is 0.472 e. The van der Waals surface area contributed by atoms with Crippen LogP contribution in [0.3, 0.4) is 0 Å². The van der Waals surface area contributed by atoms with E-state index >= 15 is 0 Å². The van der Waals surface area contributed by atoms with Crippen molar-refractivity contribution in [2.24, 2.45) is 0 Å². The van der Waals surface area contributed by atoms with Crippen molar-refractivity contribution in [2.45, 2.75) is 6.54 Å². The van der Waals surface area contributed by atoms with Crippen molar-refractivity contribution in [3.8, 4) is 10.7 Å². The van der Waals surface area contributed by atoms with Gasteiger partial charge >= 0.3 is 0 Å². The van der Waals surface area contributed by atoms with Crippen LogP contribution in [0.25, 0.3) is 10.7 Å². The first-order valence-corrected chi connectivity index (χ1v) is 5.87. The minimum Gasteiger partial charge on any atom is -0.472 e. The van der Waals surface area contributed by atoms with Gasteiger partial charge in [-0.2, -0.15) is 0 Å². The second-order valence-electron chi connectivity index (χ2n) is 3.49. The van der Waals surface area contributed by atoms with Crippen LogP contribution in [-0.2, 0) is 6.54 Å². The van der Waals surface area contributed by atoms with Gasteiger partial charge in [-0.05, 0) is 17.5 Å². The summed E-state index contributed by atoms with van der Waals surface area (Å²) in [5.74, 6) is 1.01. The highest BCUT2D eigenvalue weighted by molar-refractivity contribution is 7.13. The molecule has 0 spiro atoms. The van der Waals surface area contributed by atoms with Crippen LogP contribution in [0.4, 0.5) is 0 Å². The number of aromatic nitrogens is 2. The molecule has 0 atom stereocenters. The summed E-state index contributed by atoms with van der Waals surface area (Å²) in [6.07, 6.45) is 7.27. The molecule has 3 aromatic rings. The Hall–Kier alpha value is -1.81. The molecule has 0 amide bonds. The molecule has 0 saturated heterocycles. The smallest absolute Gasteiger partial charge is 0.150 e. The standard InChI is InChI=1S/C12H10N2OS/c1-2-11(16-7-1)12-13-4-5-14(12)8-10-3-6-15-9-10/h1-7,9H,8H2. The van der Waals surface area contributed by atoms with Crippen molar-refractivity contribution < 1.29 is 4.42 Å². The van der Waals surface area contributed by atoms with Gasteiger partial charge in [-0.3, -0.25) is 0 Å². The van der Waals surface area contributed by atoms with Gasteiger partial charge in [-0.25, -0.2) is 4.98 Å². The number of imidazole rings is 1. The lowest BCUT2D eigenvalue weighted by atomic mass is 10.3. The zero-order valence-corrected chi connectivity index (χ0v) is 9.35. The molecule has 3 heterocycles. The highest BCUT2D eigenvalue weighted by atomic mass is 32.1. The molecule has 0 aliphatic carbocycles. The first-order chi connectivity index (χ1) is 7.93. The van der Waals surface area contributed by atoms with Gasteiger partial charge in [-0.15, -0.1) is 11.3 Å². The van der Waals surface area contributed by atoms with Crippen LogP contribution in [0.1, 0.15) is 5.56 Å². The minimum absolute atomic E-state index is 0.795. The molecule has 0 unspecified atom stereocenters. The maximum atomic E-state index is 5.06. The maximum absolute atomic E-state index is 5.06. The SMILES string of the molecule is c1csc(-c2nccn2Cc2ccoc2)c1. The van der Waals surface area contributed by atoms with Crippen molar-refractivity contribution in [1.82, 2.24) is 9.55 Å². The first-order valence-electron chi connectivity index (χ1n) is 4.99. The second kappa shape index (κ2) is 3.98. The lowest BCUT2D eigenvalue weighted by molar-refractivity contribution is 0.562. The summed E-state index contributed by atoms with van der Waals surface area (Å²) in [6, 6.07) is 6.09. The Morgan fingerprint density at radius 2 is 2.38 bits per heavy atom. The van der Waals surface area contributed by atoms with Crippen molar-refractivity contribution in [3.63, 3.8) is 0 Å². The van der Waals surface area contributed by atoms with E-state index in [1.54, 1.807) is 23.9 Å². The Labute approximate surface area is 97.0 Å². The molecule has 0 bridgehead atoms. The molecule has 3 aromatic heterocycles. The van der Waals surface area contributed by atoms with Gasteiger partial charge in [0.25, 0.3) is 0 Å². The normalized spacial score (nSPS) is 10.8. The molecule has 3 nitrogen and oxygen atoms in total. The van der Waals surface area contributed by atoms with E-state index in [4.69, 9.17) is 4.42 Å². The molecule has 0 aliphatic heterocycles. The van der Waals surface area contributed by atoms with Crippen LogP contribution in [-0.4, -0.2) is 9.55 Å². The summed E-state index contributed by atoms with van der Waals surface area (Å²) in [4.78, 5) is 5.57. The molecule has 3 rings (SSSR count). The highest BCUT2D eigenvalue weighted by Gasteiger charge is 2.07. The summed E-state index contributed by atoms with van der Waals surface area (Å²) in [7, 11) is 0. The zero-order valence-electron chi connectivity index (χ0n) is 8.54. The van der Waals surface area contributed by atoms with Gasteiger partial charge in [0.1, 0.15) is 5.82 Å². The van der Waals surface area contributed by atoms with Crippen LogP contribution in [0.2, 0.25) is 0 Å². The van der Waals surface area contributed by atoms with Gasteiger partial charge in [0.15, 0.2) is 0 Å². The predicted octanol–water partition coefficient (Wildman–Crippen LogP) is 3.25. The van der Waals surface area contributed by atoms with Crippen molar-refractivity contribution >= 4 is 11.3 Å². The number of hydrogen-bond acceptors (Lipinski definition) is 3. The molecule has 0 N–H and O–H groups in total. The lowest BCUT2D eigenvalue weighted by Gasteiger charge is -2.03. The Bertz CT molecular complexity index is 552. The summed E-state index contributed by atoms with van der Waals surface area (Å²) in [6.45, 7) is 0.795. The fourth-order valence-corrected chi connectivity index (χ4v) is 2.38. The van der Waals surface area contributed by atoms with E-state index in [9.17, 15) is 0 Å². The van der Waals surface area contributed by atoms with E-state index in [2.05, 4.69) is 21.0 Å². The van der Waals surface area contributed by atoms with E-state index in [0.717, 1.165) is 17.9 Å². The Morgan fingerprint density at radius 3 is 3.12 bits per heavy atom. The monoisotopic (exact) mass is 230 g/mol. The number of rotatable bonds is 3. The molecule has 0 radical (unpaired) electrons. The summed E-state index contributed by atoms with van der Waals surface area (Å²) >= 11 is 1.70. The minimum atomic E-state index is 0.795. The van der Waals surface area contributed by atoms with Gasteiger partial charge < -0.3 is 8.98 Å². The number of thiophene rings is 1. The van der Waals surface area contributed by atoms with Crippen LogP contribution in [0.5, 0.6) is 0 Å². The summed E-state index contributed by atoms with van der Waals surface area (Å²) < 4.78 is 7.18. The number of nitrogens with zero attached hydrogens (tertiary/aromatic N) is 2. The van der Waals surface area contributed by atoms with E-state index in [0.29, 0.717) is 0 Å². The third-order valence-corrected chi connectivity index (χ3v) is 3.26. The van der Waals surface area contributed by atoms with Crippen LogP contribution in [0.15, 0.2) is 52.9 Å². The van der Waals surface area contributed by atoms with E-state index < -0.39 is 0 Å². The van der Waals surface area contributed by atoms with Crippen LogP contribution < -0.4 is 0 Å². The Balaban J connectivity index is 1.94. The average Bonchev–Trinajstić information content (AvgIpc) is 2.98. The fraction of sp³-hybridized carbons (Fsp3) is 0.0833. The predicted molar refractivity (Wildman–Crippen MR) is 63.4 cm³/mol. The Kier molecular flexibility index (Phi) is 2.34. The van der Waals surface area contributed by atoms with Crippen LogP contribution in [0, 0.1) is 0 Å². The zero-order chi connectivity index (χ0) is 10.8. The second-order valence-corrected chi connectivity index (χ2v) is 4.44. The summed E-state index contributed by atoms with van der Waals surface area (Å²) in [5.41, 5.74) is 1.15. The highest BCUT2D eigenvalue weighted by Crippen LogP contribution is 2.23. The number of furan rings is 1. The van der Waals surface area contributed by atoms with Crippen molar-refractivity contribution in [1.29, 1.82) is 0 Å². The summed E-state index contributed by atoms with van der Waals surface area (Å²) in [5, 5.41) is 2.06. The quantitative estimate of drug-likeness (QED) is 0.691. The van der Waals surface area contributed by atoms with Crippen molar-refractivity contribution in [2.75, 3.05) is 0 Å². The fourth-order valence-electron chi connectivity index (χ4n) is 1.65. The van der Waals surface area contributed by atoms with Crippen LogP contribution >= 0.6 is 11.3 Å². The molecule has 0 aliphatic rings. The molecular weight excluding hydrogens is 220 g/mol. The molecule has 0 aromatic carbocycles. The van der Waals surface area contributed by atoms with Gasteiger partial charge in [0.2, 0.25) is 0 Å². The van der Waals surface area contributed by atoms with Gasteiger partial charge in [-0.1, -0.05) is 6.07 Å². The molecule has 16 heavy (non-hydrogen) atoms. The lowest BCUT2D eigenvalue weighted by Crippen LogP contribution is -1.98. The van der Waals surface area contributed by atoms with Gasteiger partial charge in [0.05, 0.1) is 23.9 Å². The molecule has 0 saturated carbocycles. The van der Waals surface area contributed by atoms with E-state index in [-0.39, 0.29) is 0 Å². The average molecular weight is 230 g/mol. The molecule has 80 valence electrons. The molecule has 4 heteroatoms. The Morgan fingerprint density at radius 1 is 1.38 bits per heavy atom. The van der Waals surface area contributed by atoms with Crippen molar-refractivity contribution in [3.05, 3.63) is 54.1 Å². The third kappa shape index (κ3) is 1.67. The van der Waals surface area contributed by atoms with E-state index in [1.807, 2.05) is 24.5 Å². The number of hydrogen-bond donors (Lipinski definition) is 0. The maximum Gasteiger partial charge on any atom is 0.150 e. The first kappa shape index (κ1) is 9.42. The topological polar surface area (TPSA) is 31.0 Å². The van der Waals surface area contributed by atoms with Gasteiger partial charge in [0, 0.05) is 18.0 Å². The van der Waals surface area contributed by atoms with E-state index in [1.165, 1.54) is 4.88 Å². The third-order valence-electron chi connectivity index (χ3n) is 2.39. The molecule has 0 fully saturated rings. The molecular formula is C12H10N2OS.